The van der Waals surface area contributed by atoms with Crippen LogP contribution in [0.4, 0.5) is 0 Å². The lowest BCUT2D eigenvalue weighted by Gasteiger charge is -2.28. The minimum absolute atomic E-state index is 0.106. The first-order valence-electron chi connectivity index (χ1n) is 6.81. The van der Waals surface area contributed by atoms with E-state index < -0.39 is 0 Å². The number of hydrogen-bond acceptors (Lipinski definition) is 2. The Bertz CT molecular complexity index is 455. The Kier molecular flexibility index (Phi) is 4.99. The summed E-state index contributed by atoms with van der Waals surface area (Å²) in [6.07, 6.45) is 2.32. The van der Waals surface area contributed by atoms with Gasteiger partial charge in [0.1, 0.15) is 0 Å². The molecule has 1 aliphatic heterocycles. The molecule has 4 heteroatoms. The van der Waals surface area contributed by atoms with E-state index in [4.69, 9.17) is 0 Å². The molecule has 0 unspecified atom stereocenters. The Labute approximate surface area is 123 Å². The number of nitrogens with one attached hydrogen (secondary N) is 1. The number of piperidine rings is 1. The van der Waals surface area contributed by atoms with Gasteiger partial charge in [0.2, 0.25) is 0 Å². The lowest BCUT2D eigenvalue weighted by Crippen LogP contribution is -2.37. The van der Waals surface area contributed by atoms with Crippen molar-refractivity contribution in [1.82, 2.24) is 10.2 Å². The van der Waals surface area contributed by atoms with Crippen LogP contribution in [0.15, 0.2) is 22.7 Å². The smallest absolute Gasteiger partial charge is 0.254 e. The number of rotatable bonds is 3. The van der Waals surface area contributed by atoms with Crippen molar-refractivity contribution >= 4 is 21.8 Å². The van der Waals surface area contributed by atoms with Gasteiger partial charge in [-0.3, -0.25) is 4.79 Å². The molecule has 104 valence electrons. The molecule has 0 atom stereocenters. The van der Waals surface area contributed by atoms with E-state index >= 15 is 0 Å². The monoisotopic (exact) mass is 324 g/mol. The second-order valence-electron chi connectivity index (χ2n) is 5.32. The summed E-state index contributed by atoms with van der Waals surface area (Å²) in [5, 5.41) is 3.35. The highest BCUT2D eigenvalue weighted by atomic mass is 79.9. The molecule has 1 amide bonds. The lowest BCUT2D eigenvalue weighted by molar-refractivity contribution is 0.0762. The van der Waals surface area contributed by atoms with Gasteiger partial charge in [-0.1, -0.05) is 12.1 Å². The molecule has 0 aliphatic carbocycles. The fraction of sp³-hybridized carbons (Fsp3) is 0.533. The second kappa shape index (κ2) is 6.53. The Balaban J connectivity index is 2.03. The molecule has 1 N–H and O–H groups in total. The molecular formula is C15H21BrN2O. The highest BCUT2D eigenvalue weighted by Crippen LogP contribution is 2.23. The number of hydrogen-bond donors (Lipinski definition) is 1. The molecule has 1 saturated heterocycles. The van der Waals surface area contributed by atoms with E-state index in [0.717, 1.165) is 48.1 Å². The van der Waals surface area contributed by atoms with E-state index in [1.54, 1.807) is 0 Å². The normalized spacial score (nSPS) is 16.4. The van der Waals surface area contributed by atoms with E-state index in [1.807, 2.05) is 37.1 Å². The quantitative estimate of drug-likeness (QED) is 0.927. The van der Waals surface area contributed by atoms with E-state index in [2.05, 4.69) is 21.2 Å². The van der Waals surface area contributed by atoms with E-state index in [0.29, 0.717) is 5.92 Å². The molecule has 3 nitrogen and oxygen atoms in total. The van der Waals surface area contributed by atoms with Gasteiger partial charge in [0, 0.05) is 18.1 Å². The zero-order valence-electron chi connectivity index (χ0n) is 11.6. The third-order valence-electron chi connectivity index (χ3n) is 3.76. The molecule has 1 heterocycles. The zero-order chi connectivity index (χ0) is 13.8. The van der Waals surface area contributed by atoms with Crippen LogP contribution in [-0.2, 0) is 0 Å². The fourth-order valence-corrected chi connectivity index (χ4v) is 2.99. The lowest BCUT2D eigenvalue weighted by atomic mass is 9.97. The Morgan fingerprint density at radius 1 is 1.42 bits per heavy atom. The third kappa shape index (κ3) is 3.57. The maximum Gasteiger partial charge on any atom is 0.254 e. The van der Waals surface area contributed by atoms with Crippen LogP contribution in [0.25, 0.3) is 0 Å². The van der Waals surface area contributed by atoms with Crippen LogP contribution in [-0.4, -0.2) is 37.5 Å². The number of carbonyl (C=O) groups excluding carboxylic acids is 1. The van der Waals surface area contributed by atoms with E-state index in [9.17, 15) is 4.79 Å². The molecule has 1 aromatic rings. The van der Waals surface area contributed by atoms with Crippen molar-refractivity contribution in [1.29, 1.82) is 0 Å². The fourth-order valence-electron chi connectivity index (χ4n) is 2.55. The molecule has 1 aromatic carbocycles. The highest BCUT2D eigenvalue weighted by Gasteiger charge is 2.20. The first kappa shape index (κ1) is 14.5. The van der Waals surface area contributed by atoms with Gasteiger partial charge < -0.3 is 10.2 Å². The number of nitrogens with zero attached hydrogens (tertiary/aromatic N) is 1. The highest BCUT2D eigenvalue weighted by molar-refractivity contribution is 9.10. The largest absolute Gasteiger partial charge is 0.341 e. The summed E-state index contributed by atoms with van der Waals surface area (Å²) >= 11 is 3.52. The molecule has 1 fully saturated rings. The van der Waals surface area contributed by atoms with Gasteiger partial charge in [0.25, 0.3) is 5.91 Å². The van der Waals surface area contributed by atoms with Gasteiger partial charge >= 0.3 is 0 Å². The SMILES string of the molecule is Cc1cccc(C(=O)N(C)CC2CCNCC2)c1Br. The maximum absolute atomic E-state index is 12.5. The number of amides is 1. The second-order valence-corrected chi connectivity index (χ2v) is 6.11. The maximum atomic E-state index is 12.5. The summed E-state index contributed by atoms with van der Waals surface area (Å²) in [6.45, 7) is 5.00. The summed E-state index contributed by atoms with van der Waals surface area (Å²) in [5.74, 6) is 0.730. The van der Waals surface area contributed by atoms with Crippen LogP contribution >= 0.6 is 15.9 Å². The van der Waals surface area contributed by atoms with Crippen LogP contribution in [0.2, 0.25) is 0 Å². The number of carbonyl (C=O) groups is 1. The van der Waals surface area contributed by atoms with Crippen molar-refractivity contribution < 1.29 is 4.79 Å². The third-order valence-corrected chi connectivity index (χ3v) is 4.81. The minimum atomic E-state index is 0.106. The van der Waals surface area contributed by atoms with Gasteiger partial charge in [0.15, 0.2) is 0 Å². The zero-order valence-corrected chi connectivity index (χ0v) is 13.2. The summed E-state index contributed by atoms with van der Waals surface area (Å²) < 4.78 is 0.914. The molecule has 1 aliphatic rings. The average molecular weight is 325 g/mol. The Morgan fingerprint density at radius 3 is 2.79 bits per heavy atom. The minimum Gasteiger partial charge on any atom is -0.341 e. The van der Waals surface area contributed by atoms with Crippen LogP contribution < -0.4 is 5.32 Å². The molecule has 0 aromatic heterocycles. The topological polar surface area (TPSA) is 32.3 Å². The first-order chi connectivity index (χ1) is 9.09. The average Bonchev–Trinajstić information content (AvgIpc) is 2.42. The van der Waals surface area contributed by atoms with Crippen LogP contribution in [0.3, 0.4) is 0 Å². The summed E-state index contributed by atoms with van der Waals surface area (Å²) in [5.41, 5.74) is 1.86. The number of aryl methyl sites for hydroxylation is 1. The van der Waals surface area contributed by atoms with Crippen molar-refractivity contribution in [2.45, 2.75) is 19.8 Å². The van der Waals surface area contributed by atoms with Gasteiger partial charge in [-0.05, 0) is 66.3 Å². The predicted octanol–water partition coefficient (Wildman–Crippen LogP) is 2.83. The molecule has 0 bridgehead atoms. The van der Waals surface area contributed by atoms with Gasteiger partial charge in [-0.2, -0.15) is 0 Å². The van der Waals surface area contributed by atoms with Crippen molar-refractivity contribution in [3.63, 3.8) is 0 Å². The van der Waals surface area contributed by atoms with Crippen molar-refractivity contribution in [2.24, 2.45) is 5.92 Å². The van der Waals surface area contributed by atoms with Crippen LogP contribution in [0.5, 0.6) is 0 Å². The van der Waals surface area contributed by atoms with Crippen LogP contribution in [0, 0.1) is 12.8 Å². The van der Waals surface area contributed by atoms with Gasteiger partial charge in [0.05, 0.1) is 5.56 Å². The molecule has 2 rings (SSSR count). The van der Waals surface area contributed by atoms with Gasteiger partial charge in [-0.25, -0.2) is 0 Å². The number of halogens is 1. The molecule has 19 heavy (non-hydrogen) atoms. The van der Waals surface area contributed by atoms with Crippen molar-refractivity contribution in [2.75, 3.05) is 26.7 Å². The predicted molar refractivity (Wildman–Crippen MR) is 81.4 cm³/mol. The number of benzene rings is 1. The standard InChI is InChI=1S/C15H21BrN2O/c1-11-4-3-5-13(14(11)16)15(19)18(2)10-12-6-8-17-9-7-12/h3-5,12,17H,6-10H2,1-2H3. The first-order valence-corrected chi connectivity index (χ1v) is 7.60. The van der Waals surface area contributed by atoms with E-state index in [-0.39, 0.29) is 5.91 Å². The summed E-state index contributed by atoms with van der Waals surface area (Å²) in [6, 6.07) is 5.83. The van der Waals surface area contributed by atoms with Crippen LogP contribution in [0.1, 0.15) is 28.8 Å². The van der Waals surface area contributed by atoms with E-state index in [1.165, 1.54) is 0 Å². The molecule has 0 saturated carbocycles. The Hall–Kier alpha value is -0.870. The van der Waals surface area contributed by atoms with Crippen molar-refractivity contribution in [3.8, 4) is 0 Å². The Morgan fingerprint density at radius 2 is 2.11 bits per heavy atom. The molecule has 0 radical (unpaired) electrons. The molecular weight excluding hydrogens is 304 g/mol. The summed E-state index contributed by atoms with van der Waals surface area (Å²) in [4.78, 5) is 14.3. The molecule has 0 spiro atoms. The van der Waals surface area contributed by atoms with Crippen molar-refractivity contribution in [3.05, 3.63) is 33.8 Å². The summed E-state index contributed by atoms with van der Waals surface area (Å²) in [7, 11) is 1.90. The van der Waals surface area contributed by atoms with Gasteiger partial charge in [-0.15, -0.1) is 0 Å².